The van der Waals surface area contributed by atoms with Crippen molar-refractivity contribution in [2.45, 2.75) is 25.7 Å². The molecule has 0 bridgehead atoms. The average molecular weight is 315 g/mol. The lowest BCUT2D eigenvalue weighted by Crippen LogP contribution is -2.39. The second-order valence-corrected chi connectivity index (χ2v) is 5.49. The lowest BCUT2D eigenvalue weighted by Gasteiger charge is -2.34. The van der Waals surface area contributed by atoms with Crippen LogP contribution in [0, 0.1) is 18.3 Å². The molecule has 0 radical (unpaired) electrons. The molecule has 1 heterocycles. The summed E-state index contributed by atoms with van der Waals surface area (Å²) in [6, 6.07) is 5.85. The molecule has 1 saturated heterocycles. The minimum atomic E-state index is -2.57. The number of hydrogen-bond donors (Lipinski definition) is 0. The highest BCUT2D eigenvalue weighted by Gasteiger charge is 2.34. The Balaban J connectivity index is 2.32. The molecule has 0 aliphatic carbocycles. The molecule has 2 nitrogen and oxygen atoms in total. The van der Waals surface area contributed by atoms with Gasteiger partial charge in [0.2, 0.25) is 0 Å². The Labute approximate surface area is 113 Å². The van der Waals surface area contributed by atoms with Crippen LogP contribution in [0.4, 0.5) is 14.5 Å². The van der Waals surface area contributed by atoms with Gasteiger partial charge in [0.15, 0.2) is 0 Å². The van der Waals surface area contributed by atoms with Crippen molar-refractivity contribution in [1.82, 2.24) is 0 Å². The summed E-state index contributed by atoms with van der Waals surface area (Å²) in [6.07, 6.45) is -0.299. The van der Waals surface area contributed by atoms with E-state index in [9.17, 15) is 14.0 Å². The lowest BCUT2D eigenvalue weighted by atomic mass is 10.0. The third-order valence-corrected chi connectivity index (χ3v) is 3.68. The number of piperidine rings is 1. The van der Waals surface area contributed by atoms with Crippen molar-refractivity contribution in [1.29, 1.82) is 5.26 Å². The number of halogens is 3. The predicted octanol–water partition coefficient (Wildman–Crippen LogP) is 3.86. The van der Waals surface area contributed by atoms with Gasteiger partial charge in [0.25, 0.3) is 5.92 Å². The summed E-state index contributed by atoms with van der Waals surface area (Å²) in [7, 11) is 0. The molecule has 1 aromatic rings. The molecule has 0 unspecified atom stereocenters. The molecule has 0 spiro atoms. The van der Waals surface area contributed by atoms with Crippen LogP contribution in [-0.4, -0.2) is 19.0 Å². The van der Waals surface area contributed by atoms with Crippen molar-refractivity contribution in [3.05, 3.63) is 27.7 Å². The van der Waals surface area contributed by atoms with Gasteiger partial charge in [-0.25, -0.2) is 8.78 Å². The summed E-state index contributed by atoms with van der Waals surface area (Å²) >= 11 is 3.38. The smallest absolute Gasteiger partial charge is 0.251 e. The Morgan fingerprint density at radius 1 is 1.33 bits per heavy atom. The largest absolute Gasteiger partial charge is 0.370 e. The molecule has 18 heavy (non-hydrogen) atoms. The van der Waals surface area contributed by atoms with E-state index in [1.807, 2.05) is 24.0 Å². The first-order valence-electron chi connectivity index (χ1n) is 5.76. The van der Waals surface area contributed by atoms with Gasteiger partial charge in [-0.3, -0.25) is 0 Å². The van der Waals surface area contributed by atoms with E-state index in [2.05, 4.69) is 22.0 Å². The molecule has 5 heteroatoms. The van der Waals surface area contributed by atoms with E-state index in [-0.39, 0.29) is 25.9 Å². The van der Waals surface area contributed by atoms with E-state index in [0.29, 0.717) is 5.56 Å². The topological polar surface area (TPSA) is 27.0 Å². The summed E-state index contributed by atoms with van der Waals surface area (Å²) in [6.45, 7) is 2.43. The second-order valence-electron chi connectivity index (χ2n) is 4.57. The van der Waals surface area contributed by atoms with E-state index in [1.165, 1.54) is 0 Å². The van der Waals surface area contributed by atoms with Crippen LogP contribution < -0.4 is 4.90 Å². The molecule has 0 amide bonds. The van der Waals surface area contributed by atoms with Gasteiger partial charge in [0.1, 0.15) is 6.07 Å². The van der Waals surface area contributed by atoms with Gasteiger partial charge < -0.3 is 4.90 Å². The zero-order chi connectivity index (χ0) is 13.3. The van der Waals surface area contributed by atoms with Gasteiger partial charge in [-0.1, -0.05) is 15.9 Å². The van der Waals surface area contributed by atoms with Crippen molar-refractivity contribution in [2.75, 3.05) is 18.0 Å². The van der Waals surface area contributed by atoms with Crippen LogP contribution in [0.3, 0.4) is 0 Å². The number of rotatable bonds is 1. The Morgan fingerprint density at radius 3 is 2.50 bits per heavy atom. The Kier molecular flexibility index (Phi) is 3.58. The fourth-order valence-electron chi connectivity index (χ4n) is 2.20. The molecule has 2 rings (SSSR count). The lowest BCUT2D eigenvalue weighted by molar-refractivity contribution is -0.0220. The molecular weight excluding hydrogens is 302 g/mol. The molecule has 1 fully saturated rings. The normalized spacial score (nSPS) is 18.5. The summed E-state index contributed by atoms with van der Waals surface area (Å²) in [5.74, 6) is -2.57. The zero-order valence-electron chi connectivity index (χ0n) is 10.0. The van der Waals surface area contributed by atoms with Gasteiger partial charge >= 0.3 is 0 Å². The fraction of sp³-hybridized carbons (Fsp3) is 0.462. The maximum atomic E-state index is 13.1. The Morgan fingerprint density at radius 2 is 1.94 bits per heavy atom. The maximum Gasteiger partial charge on any atom is 0.251 e. The number of anilines is 1. The first kappa shape index (κ1) is 13.3. The Hall–Kier alpha value is -1.15. The number of hydrogen-bond acceptors (Lipinski definition) is 2. The third kappa shape index (κ3) is 2.64. The third-order valence-electron chi connectivity index (χ3n) is 3.23. The molecule has 0 aromatic heterocycles. The summed E-state index contributed by atoms with van der Waals surface area (Å²) in [5.41, 5.74) is 2.18. The van der Waals surface area contributed by atoms with Crippen molar-refractivity contribution < 1.29 is 8.78 Å². The highest BCUT2D eigenvalue weighted by Crippen LogP contribution is 2.34. The maximum absolute atomic E-state index is 13.1. The molecular formula is C13H13BrF2N2. The molecule has 0 saturated carbocycles. The monoisotopic (exact) mass is 314 g/mol. The van der Waals surface area contributed by atoms with Gasteiger partial charge in [0, 0.05) is 30.4 Å². The average Bonchev–Trinajstić information content (AvgIpc) is 2.28. The number of nitriles is 1. The number of alkyl halides is 2. The molecule has 0 N–H and O–H groups in total. The van der Waals surface area contributed by atoms with E-state index >= 15 is 0 Å². The highest BCUT2D eigenvalue weighted by atomic mass is 79.9. The van der Waals surface area contributed by atoms with Gasteiger partial charge in [-0.15, -0.1) is 0 Å². The number of benzene rings is 1. The second kappa shape index (κ2) is 4.85. The van der Waals surface area contributed by atoms with Crippen LogP contribution in [0.5, 0.6) is 0 Å². The van der Waals surface area contributed by atoms with Gasteiger partial charge in [-0.2, -0.15) is 5.26 Å². The van der Waals surface area contributed by atoms with Crippen LogP contribution in [0.1, 0.15) is 24.0 Å². The van der Waals surface area contributed by atoms with E-state index in [0.717, 1.165) is 15.7 Å². The molecule has 1 aliphatic rings. The first-order valence-corrected chi connectivity index (χ1v) is 6.55. The molecule has 1 aromatic carbocycles. The van der Waals surface area contributed by atoms with Crippen LogP contribution in [-0.2, 0) is 0 Å². The quantitative estimate of drug-likeness (QED) is 0.787. The van der Waals surface area contributed by atoms with E-state index in [1.54, 1.807) is 0 Å². The SMILES string of the molecule is Cc1cc(Br)cc(N2CCC(F)(F)CC2)c1C#N. The van der Waals surface area contributed by atoms with E-state index in [4.69, 9.17) is 0 Å². The van der Waals surface area contributed by atoms with Crippen molar-refractivity contribution in [3.8, 4) is 6.07 Å². The number of aryl methyl sites for hydroxylation is 1. The van der Waals surface area contributed by atoms with Crippen LogP contribution in [0.2, 0.25) is 0 Å². The fourth-order valence-corrected chi connectivity index (χ4v) is 2.76. The molecule has 1 aliphatic heterocycles. The first-order chi connectivity index (χ1) is 8.43. The summed E-state index contributed by atoms with van der Waals surface area (Å²) in [5, 5.41) is 9.18. The summed E-state index contributed by atoms with van der Waals surface area (Å²) < 4.78 is 27.1. The van der Waals surface area contributed by atoms with Gasteiger partial charge in [0.05, 0.1) is 11.3 Å². The van der Waals surface area contributed by atoms with Crippen molar-refractivity contribution in [3.63, 3.8) is 0 Å². The zero-order valence-corrected chi connectivity index (χ0v) is 11.6. The predicted molar refractivity (Wildman–Crippen MR) is 70.0 cm³/mol. The molecule has 0 atom stereocenters. The van der Waals surface area contributed by atoms with E-state index < -0.39 is 5.92 Å². The minimum Gasteiger partial charge on any atom is -0.370 e. The standard InChI is InChI=1S/C13H13BrF2N2/c1-9-6-10(14)7-12(11(9)8-17)18-4-2-13(15,16)3-5-18/h6-7H,2-5H2,1H3. The Bertz CT molecular complexity index is 498. The van der Waals surface area contributed by atoms with Crippen LogP contribution in [0.25, 0.3) is 0 Å². The van der Waals surface area contributed by atoms with Crippen molar-refractivity contribution in [2.24, 2.45) is 0 Å². The number of nitrogens with zero attached hydrogens (tertiary/aromatic N) is 2. The summed E-state index contributed by atoms with van der Waals surface area (Å²) in [4.78, 5) is 1.87. The van der Waals surface area contributed by atoms with Gasteiger partial charge in [-0.05, 0) is 24.6 Å². The van der Waals surface area contributed by atoms with Crippen LogP contribution >= 0.6 is 15.9 Å². The molecule has 96 valence electrons. The van der Waals surface area contributed by atoms with Crippen LogP contribution in [0.15, 0.2) is 16.6 Å². The minimum absolute atomic E-state index is 0.149. The van der Waals surface area contributed by atoms with Crippen molar-refractivity contribution >= 4 is 21.6 Å². The highest BCUT2D eigenvalue weighted by molar-refractivity contribution is 9.10.